The number of nitrogens with zero attached hydrogens (tertiary/aromatic N) is 3. The second kappa shape index (κ2) is 5.07. The van der Waals surface area contributed by atoms with Gasteiger partial charge in [-0.05, 0) is 30.9 Å². The fraction of sp³-hybridized carbons (Fsp3) is 0.400. The van der Waals surface area contributed by atoms with Gasteiger partial charge in [0.15, 0.2) is 5.69 Å². The van der Waals surface area contributed by atoms with Gasteiger partial charge in [-0.25, -0.2) is 9.48 Å². The summed E-state index contributed by atoms with van der Waals surface area (Å²) < 4.78 is 1.73. The van der Waals surface area contributed by atoms with Gasteiger partial charge in [-0.1, -0.05) is 36.8 Å². The van der Waals surface area contributed by atoms with Crippen LogP contribution in [0.1, 0.15) is 53.8 Å². The van der Waals surface area contributed by atoms with E-state index in [2.05, 4.69) is 23.3 Å². The van der Waals surface area contributed by atoms with Crippen molar-refractivity contribution < 1.29 is 9.90 Å². The summed E-state index contributed by atoms with van der Waals surface area (Å²) in [4.78, 5) is 11.3. The Labute approximate surface area is 117 Å². The molecule has 5 heteroatoms. The van der Waals surface area contributed by atoms with Crippen molar-refractivity contribution in [2.24, 2.45) is 0 Å². The molecule has 1 N–H and O–H groups in total. The highest BCUT2D eigenvalue weighted by Gasteiger charge is 2.34. The Kier molecular flexibility index (Phi) is 3.26. The zero-order valence-electron chi connectivity index (χ0n) is 11.4. The topological polar surface area (TPSA) is 68.0 Å². The molecule has 1 saturated carbocycles. The van der Waals surface area contributed by atoms with Crippen LogP contribution in [0.15, 0.2) is 24.3 Å². The second-order valence-electron chi connectivity index (χ2n) is 5.19. The van der Waals surface area contributed by atoms with Crippen LogP contribution in [0.3, 0.4) is 0 Å². The lowest BCUT2D eigenvalue weighted by molar-refractivity contribution is 0.0689. The summed E-state index contributed by atoms with van der Waals surface area (Å²) in [5.74, 6) is -0.711. The maximum Gasteiger partial charge on any atom is 0.358 e. The minimum Gasteiger partial charge on any atom is -0.476 e. The zero-order valence-corrected chi connectivity index (χ0v) is 11.4. The lowest BCUT2D eigenvalue weighted by Crippen LogP contribution is -2.07. The Morgan fingerprint density at radius 3 is 2.80 bits per heavy atom. The summed E-state index contributed by atoms with van der Waals surface area (Å²) >= 11 is 0. The summed E-state index contributed by atoms with van der Waals surface area (Å²) in [5.41, 5.74) is 2.98. The van der Waals surface area contributed by atoms with Crippen molar-refractivity contribution in [2.75, 3.05) is 0 Å². The van der Waals surface area contributed by atoms with Gasteiger partial charge in [-0.15, -0.1) is 5.10 Å². The van der Waals surface area contributed by atoms with E-state index >= 15 is 0 Å². The number of carboxylic acid groups (broad SMARTS) is 1. The monoisotopic (exact) mass is 271 g/mol. The number of hydrogen-bond acceptors (Lipinski definition) is 3. The van der Waals surface area contributed by atoms with E-state index < -0.39 is 5.97 Å². The predicted octanol–water partition coefficient (Wildman–Crippen LogP) is 2.80. The third kappa shape index (κ3) is 2.19. The minimum absolute atomic E-state index is 0.0961. The largest absolute Gasteiger partial charge is 0.476 e. The highest BCUT2D eigenvalue weighted by atomic mass is 16.4. The van der Waals surface area contributed by atoms with Crippen LogP contribution in [0.2, 0.25) is 0 Å². The number of carboxylic acids is 1. The molecule has 104 valence electrons. The predicted molar refractivity (Wildman–Crippen MR) is 74.3 cm³/mol. The van der Waals surface area contributed by atoms with Gasteiger partial charge in [-0.2, -0.15) is 0 Å². The Morgan fingerprint density at radius 1 is 1.40 bits per heavy atom. The van der Waals surface area contributed by atoms with E-state index in [1.807, 2.05) is 18.2 Å². The molecule has 0 bridgehead atoms. The number of aryl methyl sites for hydroxylation is 1. The molecule has 0 amide bonds. The van der Waals surface area contributed by atoms with Crippen LogP contribution in [0.5, 0.6) is 0 Å². The Balaban J connectivity index is 2.13. The van der Waals surface area contributed by atoms with E-state index in [0.29, 0.717) is 0 Å². The molecule has 0 atom stereocenters. The fourth-order valence-electron chi connectivity index (χ4n) is 2.54. The van der Waals surface area contributed by atoms with Crippen molar-refractivity contribution in [2.45, 2.75) is 38.5 Å². The van der Waals surface area contributed by atoms with E-state index in [1.165, 1.54) is 5.56 Å². The quantitative estimate of drug-likeness (QED) is 0.908. The van der Waals surface area contributed by atoms with Crippen LogP contribution in [0.25, 0.3) is 5.69 Å². The summed E-state index contributed by atoms with van der Waals surface area (Å²) in [6.45, 7) is 2.13. The summed E-state index contributed by atoms with van der Waals surface area (Å²) in [6.07, 6.45) is 4.02. The lowest BCUT2D eigenvalue weighted by Gasteiger charge is -2.11. The molecule has 1 aromatic carbocycles. The van der Waals surface area contributed by atoms with Crippen LogP contribution in [-0.2, 0) is 6.42 Å². The normalized spacial score (nSPS) is 14.4. The van der Waals surface area contributed by atoms with Crippen LogP contribution in [0.4, 0.5) is 0 Å². The molecule has 1 fully saturated rings. The highest BCUT2D eigenvalue weighted by Crippen LogP contribution is 2.42. The van der Waals surface area contributed by atoms with Gasteiger partial charge in [0.25, 0.3) is 0 Å². The smallest absolute Gasteiger partial charge is 0.358 e. The average Bonchev–Trinajstić information content (AvgIpc) is 3.18. The number of hydrogen-bond donors (Lipinski definition) is 1. The molecular weight excluding hydrogens is 254 g/mol. The summed E-state index contributed by atoms with van der Waals surface area (Å²) in [5, 5.41) is 17.2. The first-order chi connectivity index (χ1) is 9.72. The van der Waals surface area contributed by atoms with Gasteiger partial charge in [0.2, 0.25) is 0 Å². The van der Waals surface area contributed by atoms with E-state index in [1.54, 1.807) is 4.68 Å². The van der Waals surface area contributed by atoms with Gasteiger partial charge < -0.3 is 5.11 Å². The molecule has 20 heavy (non-hydrogen) atoms. The van der Waals surface area contributed by atoms with Crippen molar-refractivity contribution in [3.8, 4) is 5.69 Å². The first kappa shape index (κ1) is 12.8. The van der Waals surface area contributed by atoms with Crippen molar-refractivity contribution in [3.63, 3.8) is 0 Å². The molecule has 2 aromatic rings. The van der Waals surface area contributed by atoms with Crippen LogP contribution >= 0.6 is 0 Å². The van der Waals surface area contributed by atoms with E-state index in [-0.39, 0.29) is 11.6 Å². The number of aromatic nitrogens is 3. The standard InChI is InChI=1S/C15H17N3O2/c1-2-5-10-6-3-4-7-12(10)18-14(11-8-9-11)13(15(19)20)16-17-18/h3-4,6-7,11H,2,5,8-9H2,1H3,(H,19,20). The lowest BCUT2D eigenvalue weighted by atomic mass is 10.1. The summed E-state index contributed by atoms with van der Waals surface area (Å²) in [6, 6.07) is 8.00. The molecule has 1 aliphatic carbocycles. The van der Waals surface area contributed by atoms with Gasteiger partial charge in [-0.3, -0.25) is 0 Å². The molecule has 0 aliphatic heterocycles. The molecule has 1 aromatic heterocycles. The average molecular weight is 271 g/mol. The number of rotatable bonds is 5. The highest BCUT2D eigenvalue weighted by molar-refractivity contribution is 5.87. The van der Waals surface area contributed by atoms with E-state index in [9.17, 15) is 9.90 Å². The molecule has 5 nitrogen and oxygen atoms in total. The van der Waals surface area contributed by atoms with Gasteiger partial charge in [0.1, 0.15) is 0 Å². The van der Waals surface area contributed by atoms with Crippen molar-refractivity contribution in [1.82, 2.24) is 15.0 Å². The number of aromatic carboxylic acids is 1. The zero-order chi connectivity index (χ0) is 14.1. The molecule has 0 saturated heterocycles. The first-order valence-electron chi connectivity index (χ1n) is 6.99. The maximum atomic E-state index is 11.3. The van der Waals surface area contributed by atoms with Gasteiger partial charge in [0.05, 0.1) is 11.4 Å². The number of benzene rings is 1. The van der Waals surface area contributed by atoms with Crippen molar-refractivity contribution >= 4 is 5.97 Å². The third-order valence-corrected chi connectivity index (χ3v) is 3.61. The number of carbonyl (C=O) groups is 1. The molecule has 3 rings (SSSR count). The minimum atomic E-state index is -0.994. The molecule has 1 heterocycles. The van der Waals surface area contributed by atoms with Crippen molar-refractivity contribution in [1.29, 1.82) is 0 Å². The van der Waals surface area contributed by atoms with Gasteiger partial charge >= 0.3 is 5.97 Å². The number of para-hydroxylation sites is 1. The van der Waals surface area contributed by atoms with Crippen LogP contribution in [0, 0.1) is 0 Å². The summed E-state index contributed by atoms with van der Waals surface area (Å²) in [7, 11) is 0. The fourth-order valence-corrected chi connectivity index (χ4v) is 2.54. The third-order valence-electron chi connectivity index (χ3n) is 3.61. The van der Waals surface area contributed by atoms with Gasteiger partial charge in [0, 0.05) is 5.92 Å². The maximum absolute atomic E-state index is 11.3. The molecule has 0 spiro atoms. The molecular formula is C15H17N3O2. The van der Waals surface area contributed by atoms with Crippen LogP contribution < -0.4 is 0 Å². The Morgan fingerprint density at radius 2 is 2.15 bits per heavy atom. The van der Waals surface area contributed by atoms with Crippen LogP contribution in [-0.4, -0.2) is 26.1 Å². The molecule has 1 aliphatic rings. The Hall–Kier alpha value is -2.17. The molecule has 0 radical (unpaired) electrons. The SMILES string of the molecule is CCCc1ccccc1-n1nnc(C(=O)O)c1C1CC1. The first-order valence-corrected chi connectivity index (χ1v) is 6.99. The van der Waals surface area contributed by atoms with E-state index in [4.69, 9.17) is 0 Å². The molecule has 0 unspecified atom stereocenters. The Bertz CT molecular complexity index is 644. The van der Waals surface area contributed by atoms with E-state index in [0.717, 1.165) is 37.1 Å². The second-order valence-corrected chi connectivity index (χ2v) is 5.19. The van der Waals surface area contributed by atoms with Crippen molar-refractivity contribution in [3.05, 3.63) is 41.2 Å².